The molecule has 0 saturated carbocycles. The van der Waals surface area contributed by atoms with Gasteiger partial charge in [-0.05, 0) is 41.6 Å². The molecule has 3 aromatic carbocycles. The zero-order valence-corrected chi connectivity index (χ0v) is 16.3. The van der Waals surface area contributed by atoms with Crippen LogP contribution in [-0.4, -0.2) is 7.11 Å². The predicted octanol–water partition coefficient (Wildman–Crippen LogP) is 4.75. The van der Waals surface area contributed by atoms with Crippen molar-refractivity contribution in [3.05, 3.63) is 84.4 Å². The van der Waals surface area contributed by atoms with Crippen molar-refractivity contribution in [3.8, 4) is 5.75 Å². The Kier molecular flexibility index (Phi) is 5.25. The van der Waals surface area contributed by atoms with Crippen LogP contribution in [0.5, 0.6) is 5.75 Å². The molecule has 3 aromatic rings. The van der Waals surface area contributed by atoms with E-state index in [1.807, 2.05) is 0 Å². The van der Waals surface area contributed by atoms with E-state index in [9.17, 15) is 0 Å². The van der Waals surface area contributed by atoms with E-state index in [1.165, 1.54) is 21.5 Å². The fourth-order valence-electron chi connectivity index (χ4n) is 2.91. The Balaban J connectivity index is 2.17. The van der Waals surface area contributed by atoms with Gasteiger partial charge in [0.15, 0.2) is 0 Å². The summed E-state index contributed by atoms with van der Waals surface area (Å²) in [6.07, 6.45) is 0. The first kappa shape index (κ1) is 17.7. The quantitative estimate of drug-likeness (QED) is 0.618. The van der Waals surface area contributed by atoms with Crippen LogP contribution in [-0.2, 0) is 5.41 Å². The fourth-order valence-corrected chi connectivity index (χ4v) is 5.31. The average Bonchev–Trinajstić information content (AvgIpc) is 2.63. The van der Waals surface area contributed by atoms with Crippen molar-refractivity contribution in [2.24, 2.45) is 0 Å². The van der Waals surface area contributed by atoms with E-state index in [4.69, 9.17) is 4.74 Å². The second kappa shape index (κ2) is 7.42. The number of rotatable bonds is 4. The van der Waals surface area contributed by atoms with Crippen LogP contribution >= 0.6 is 7.92 Å². The third kappa shape index (κ3) is 3.94. The minimum absolute atomic E-state index is 0.105. The highest BCUT2D eigenvalue weighted by Gasteiger charge is 2.22. The average molecular weight is 348 g/mol. The lowest BCUT2D eigenvalue weighted by Gasteiger charge is -2.25. The zero-order valence-electron chi connectivity index (χ0n) is 15.4. The maximum atomic E-state index is 5.82. The van der Waals surface area contributed by atoms with Gasteiger partial charge in [-0.1, -0.05) is 87.5 Å². The molecule has 25 heavy (non-hydrogen) atoms. The maximum absolute atomic E-state index is 5.82. The summed E-state index contributed by atoms with van der Waals surface area (Å²) in [5, 5.41) is 3.94. The molecular weight excluding hydrogens is 323 g/mol. The van der Waals surface area contributed by atoms with Gasteiger partial charge in [-0.25, -0.2) is 0 Å². The molecule has 3 rings (SSSR count). The normalized spacial score (nSPS) is 11.6. The maximum Gasteiger partial charge on any atom is 0.127 e. The van der Waals surface area contributed by atoms with Crippen molar-refractivity contribution in [2.75, 3.05) is 7.11 Å². The topological polar surface area (TPSA) is 9.23 Å². The van der Waals surface area contributed by atoms with E-state index in [0.29, 0.717) is 0 Å². The Morgan fingerprint density at radius 3 is 1.68 bits per heavy atom. The van der Waals surface area contributed by atoms with Crippen LogP contribution in [0.4, 0.5) is 0 Å². The number of methoxy groups -OCH3 is 1. The van der Waals surface area contributed by atoms with Crippen molar-refractivity contribution in [1.29, 1.82) is 0 Å². The van der Waals surface area contributed by atoms with Crippen molar-refractivity contribution in [2.45, 2.75) is 26.2 Å². The highest BCUT2D eigenvalue weighted by atomic mass is 31.1. The van der Waals surface area contributed by atoms with Crippen LogP contribution < -0.4 is 20.7 Å². The molecule has 0 radical (unpaired) electrons. The van der Waals surface area contributed by atoms with Gasteiger partial charge in [0.05, 0.1) is 7.11 Å². The van der Waals surface area contributed by atoms with Crippen LogP contribution in [0, 0.1) is 0 Å². The van der Waals surface area contributed by atoms with Gasteiger partial charge in [0.25, 0.3) is 0 Å². The minimum Gasteiger partial charge on any atom is -0.496 e. The molecule has 0 saturated heterocycles. The summed E-state index contributed by atoms with van der Waals surface area (Å²) in [6, 6.07) is 28.2. The number of benzene rings is 3. The van der Waals surface area contributed by atoms with Gasteiger partial charge < -0.3 is 4.74 Å². The first-order valence-electron chi connectivity index (χ1n) is 8.59. The summed E-state index contributed by atoms with van der Waals surface area (Å²) >= 11 is 0. The van der Waals surface area contributed by atoms with Gasteiger partial charge >= 0.3 is 0 Å². The monoisotopic (exact) mass is 348 g/mol. The number of hydrogen-bond donors (Lipinski definition) is 0. The third-order valence-electron chi connectivity index (χ3n) is 4.32. The van der Waals surface area contributed by atoms with Gasteiger partial charge in [0.2, 0.25) is 0 Å². The Labute approximate surface area is 152 Å². The first-order chi connectivity index (χ1) is 12.0. The molecule has 128 valence electrons. The number of hydrogen-bond acceptors (Lipinski definition) is 1. The zero-order chi connectivity index (χ0) is 17.9. The Bertz CT molecular complexity index is 780. The molecule has 0 heterocycles. The third-order valence-corrected chi connectivity index (χ3v) is 6.80. The SMILES string of the molecule is COc1cc(C(C)(C)C)ccc1P(c1ccccc1)c1ccccc1. The summed E-state index contributed by atoms with van der Waals surface area (Å²) in [4.78, 5) is 0. The molecule has 0 amide bonds. The Hall–Kier alpha value is -2.11. The van der Waals surface area contributed by atoms with Crippen molar-refractivity contribution in [3.63, 3.8) is 0 Å². The molecule has 0 aliphatic carbocycles. The summed E-state index contributed by atoms with van der Waals surface area (Å²) in [5.74, 6) is 0.978. The van der Waals surface area contributed by atoms with Crippen LogP contribution in [0.3, 0.4) is 0 Å². The summed E-state index contributed by atoms with van der Waals surface area (Å²) in [5.41, 5.74) is 1.40. The van der Waals surface area contributed by atoms with Crippen LogP contribution in [0.1, 0.15) is 26.3 Å². The van der Waals surface area contributed by atoms with E-state index in [1.54, 1.807) is 7.11 Å². The van der Waals surface area contributed by atoms with E-state index in [0.717, 1.165) is 5.75 Å². The molecule has 0 aliphatic heterocycles. The van der Waals surface area contributed by atoms with Gasteiger partial charge in [-0.15, -0.1) is 0 Å². The van der Waals surface area contributed by atoms with Gasteiger partial charge in [0.1, 0.15) is 5.75 Å². The highest BCUT2D eigenvalue weighted by molar-refractivity contribution is 7.80. The molecule has 0 fully saturated rings. The lowest BCUT2D eigenvalue weighted by atomic mass is 9.87. The molecule has 0 unspecified atom stereocenters. The van der Waals surface area contributed by atoms with E-state index in [2.05, 4.69) is 99.6 Å². The van der Waals surface area contributed by atoms with Gasteiger partial charge in [-0.2, -0.15) is 0 Å². The Morgan fingerprint density at radius 2 is 1.24 bits per heavy atom. The minimum atomic E-state index is -0.646. The molecule has 2 heteroatoms. The molecule has 0 aliphatic rings. The predicted molar refractivity (Wildman–Crippen MR) is 110 cm³/mol. The van der Waals surface area contributed by atoms with Crippen LogP contribution in [0.15, 0.2) is 78.9 Å². The largest absolute Gasteiger partial charge is 0.496 e. The number of ether oxygens (including phenoxy) is 1. The Morgan fingerprint density at radius 1 is 0.720 bits per heavy atom. The first-order valence-corrected chi connectivity index (χ1v) is 9.93. The molecule has 1 nitrogen and oxygen atoms in total. The van der Waals surface area contributed by atoms with E-state index >= 15 is 0 Å². The summed E-state index contributed by atoms with van der Waals surface area (Å²) in [7, 11) is 1.13. The molecule has 0 N–H and O–H groups in total. The summed E-state index contributed by atoms with van der Waals surface area (Å²) < 4.78 is 5.82. The molecule has 0 bridgehead atoms. The van der Waals surface area contributed by atoms with Gasteiger partial charge in [0, 0.05) is 5.30 Å². The van der Waals surface area contributed by atoms with Crippen molar-refractivity contribution < 1.29 is 4.74 Å². The van der Waals surface area contributed by atoms with Crippen molar-refractivity contribution >= 4 is 23.8 Å². The second-order valence-electron chi connectivity index (χ2n) is 7.14. The van der Waals surface area contributed by atoms with Crippen molar-refractivity contribution in [1.82, 2.24) is 0 Å². The van der Waals surface area contributed by atoms with Gasteiger partial charge in [-0.3, -0.25) is 0 Å². The standard InChI is InChI=1S/C23H25OP/c1-23(2,3)18-15-16-22(21(17-18)24-4)25(19-11-7-5-8-12-19)20-13-9-6-10-14-20/h5-17H,1-4H3. The molecular formula is C23H25OP. The lowest BCUT2D eigenvalue weighted by molar-refractivity contribution is 0.416. The highest BCUT2D eigenvalue weighted by Crippen LogP contribution is 2.38. The molecule has 0 spiro atoms. The smallest absolute Gasteiger partial charge is 0.127 e. The van der Waals surface area contributed by atoms with E-state index < -0.39 is 7.92 Å². The summed E-state index contributed by atoms with van der Waals surface area (Å²) in [6.45, 7) is 6.70. The lowest BCUT2D eigenvalue weighted by Crippen LogP contribution is -2.23. The van der Waals surface area contributed by atoms with Crippen LogP contribution in [0.25, 0.3) is 0 Å². The van der Waals surface area contributed by atoms with Crippen LogP contribution in [0.2, 0.25) is 0 Å². The molecule has 0 aromatic heterocycles. The second-order valence-corrected chi connectivity index (χ2v) is 9.33. The fraction of sp³-hybridized carbons (Fsp3) is 0.217. The molecule has 0 atom stereocenters. The van der Waals surface area contributed by atoms with E-state index in [-0.39, 0.29) is 5.41 Å².